The quantitative estimate of drug-likeness (QED) is 0.552. The number of nitroso groups, excluding NO2 is 2. The molecular weight excluding hydrogens is 299 g/mol. The number of nitrogens with zero attached hydrogens (tertiary/aromatic N) is 4. The van der Waals surface area contributed by atoms with Crippen LogP contribution >= 0.6 is 0 Å². The first-order valence-electron chi connectivity index (χ1n) is 6.87. The van der Waals surface area contributed by atoms with E-state index < -0.39 is 5.83 Å². The summed E-state index contributed by atoms with van der Waals surface area (Å²) in [6.45, 7) is 1.16. The van der Waals surface area contributed by atoms with Crippen molar-refractivity contribution in [2.75, 3.05) is 13.1 Å². The summed E-state index contributed by atoms with van der Waals surface area (Å²) in [6.07, 6.45) is 17.8. The third kappa shape index (κ3) is 4.99. The van der Waals surface area contributed by atoms with E-state index in [1.54, 1.807) is 23.3 Å². The fourth-order valence-corrected chi connectivity index (χ4v) is 1.92. The van der Waals surface area contributed by atoms with Gasteiger partial charge in [-0.25, -0.2) is 4.39 Å². The summed E-state index contributed by atoms with van der Waals surface area (Å²) in [7, 11) is 0. The van der Waals surface area contributed by atoms with Crippen LogP contribution in [0.4, 0.5) is 4.39 Å². The van der Waals surface area contributed by atoms with E-state index in [0.717, 1.165) is 11.8 Å². The fraction of sp³-hybridized carbons (Fsp3) is 0.125. The van der Waals surface area contributed by atoms with Gasteiger partial charge in [-0.05, 0) is 34.2 Å². The number of allylic oxidation sites excluding steroid dienone is 6. The van der Waals surface area contributed by atoms with Crippen LogP contribution in [0.3, 0.4) is 0 Å². The van der Waals surface area contributed by atoms with Crippen LogP contribution in [0, 0.1) is 9.81 Å². The summed E-state index contributed by atoms with van der Waals surface area (Å²) in [5, 5.41) is 5.27. The Morgan fingerprint density at radius 2 is 1.52 bits per heavy atom. The Bertz CT molecular complexity index is 656. The van der Waals surface area contributed by atoms with Crippen LogP contribution in [0.2, 0.25) is 0 Å². The van der Waals surface area contributed by atoms with Gasteiger partial charge in [-0.15, -0.1) is 9.81 Å². The molecule has 118 valence electrons. The molecule has 2 rings (SSSR count). The van der Waals surface area contributed by atoms with Crippen LogP contribution in [0.25, 0.3) is 0 Å². The minimum Gasteiger partial charge on any atom is -0.350 e. The molecule has 0 amide bonds. The van der Waals surface area contributed by atoms with Crippen LogP contribution in [0.1, 0.15) is 0 Å². The zero-order valence-corrected chi connectivity index (χ0v) is 12.2. The van der Waals surface area contributed by atoms with E-state index in [0.29, 0.717) is 13.1 Å². The molecule has 7 heteroatoms. The lowest BCUT2D eigenvalue weighted by atomic mass is 10.2. The van der Waals surface area contributed by atoms with E-state index in [9.17, 15) is 14.2 Å². The maximum absolute atomic E-state index is 13.6. The van der Waals surface area contributed by atoms with Gasteiger partial charge in [0.05, 0.1) is 12.4 Å². The van der Waals surface area contributed by atoms with Crippen molar-refractivity contribution in [2.45, 2.75) is 0 Å². The highest BCUT2D eigenvalue weighted by molar-refractivity contribution is 5.38. The van der Waals surface area contributed by atoms with Crippen molar-refractivity contribution >= 4 is 0 Å². The Labute approximate surface area is 132 Å². The summed E-state index contributed by atoms with van der Waals surface area (Å²) < 4.78 is 13.6. The summed E-state index contributed by atoms with van der Waals surface area (Å²) >= 11 is 0. The molecule has 0 saturated carbocycles. The second kappa shape index (κ2) is 8.38. The highest BCUT2D eigenvalue weighted by Gasteiger charge is 2.08. The van der Waals surface area contributed by atoms with E-state index in [1.807, 2.05) is 29.5 Å². The predicted octanol–water partition coefficient (Wildman–Crippen LogP) is 3.83. The molecule has 0 saturated heterocycles. The van der Waals surface area contributed by atoms with Gasteiger partial charge < -0.3 is 9.80 Å². The smallest absolute Gasteiger partial charge is 0.148 e. The molecule has 0 aromatic rings. The van der Waals surface area contributed by atoms with Crippen molar-refractivity contribution in [3.8, 4) is 0 Å². The van der Waals surface area contributed by atoms with Crippen LogP contribution in [-0.4, -0.2) is 22.9 Å². The van der Waals surface area contributed by atoms with Gasteiger partial charge in [0.25, 0.3) is 0 Å². The molecule has 0 unspecified atom stereocenters. The lowest BCUT2D eigenvalue weighted by Crippen LogP contribution is -2.14. The van der Waals surface area contributed by atoms with Gasteiger partial charge in [0.15, 0.2) is 0 Å². The zero-order valence-electron chi connectivity index (χ0n) is 12.2. The average Bonchev–Trinajstić information content (AvgIpc) is 2.56. The molecule has 23 heavy (non-hydrogen) atoms. The molecule has 0 radical (unpaired) electrons. The van der Waals surface area contributed by atoms with E-state index in [1.165, 1.54) is 18.5 Å². The van der Waals surface area contributed by atoms with Crippen LogP contribution < -0.4 is 0 Å². The van der Waals surface area contributed by atoms with Gasteiger partial charge in [-0.3, -0.25) is 0 Å². The molecule has 0 aliphatic carbocycles. The van der Waals surface area contributed by atoms with Gasteiger partial charge in [-0.2, -0.15) is 0 Å². The summed E-state index contributed by atoms with van der Waals surface area (Å²) in [5.41, 5.74) is 0.908. The molecule has 0 aromatic heterocycles. The van der Waals surface area contributed by atoms with Gasteiger partial charge in [0.1, 0.15) is 5.83 Å². The number of rotatable bonds is 6. The number of hydrogen-bond acceptors (Lipinski definition) is 6. The normalized spacial score (nSPS) is 18.7. The Balaban J connectivity index is 1.80. The molecular formula is C16H15FN4O2. The number of halogens is 1. The van der Waals surface area contributed by atoms with Gasteiger partial charge in [-0.1, -0.05) is 12.2 Å². The SMILES string of the molecule is O=NC=C1C=CN(C/C=C/CN2C=C/C(=C\N=O)C(F)=C2)C=C1. The monoisotopic (exact) mass is 314 g/mol. The maximum atomic E-state index is 13.6. The molecule has 2 heterocycles. The highest BCUT2D eigenvalue weighted by Crippen LogP contribution is 2.19. The van der Waals surface area contributed by atoms with E-state index in [2.05, 4.69) is 10.4 Å². The molecule has 6 nitrogen and oxygen atoms in total. The third-order valence-electron chi connectivity index (χ3n) is 3.11. The van der Waals surface area contributed by atoms with Gasteiger partial charge in [0.2, 0.25) is 0 Å². The van der Waals surface area contributed by atoms with Crippen molar-refractivity contribution in [3.63, 3.8) is 0 Å². The number of hydrogen-bond donors (Lipinski definition) is 0. The second-order valence-corrected chi connectivity index (χ2v) is 4.71. The summed E-state index contributed by atoms with van der Waals surface area (Å²) in [6, 6.07) is 0. The average molecular weight is 314 g/mol. The third-order valence-corrected chi connectivity index (χ3v) is 3.11. The highest BCUT2D eigenvalue weighted by atomic mass is 19.1. The van der Waals surface area contributed by atoms with Crippen molar-refractivity contribution in [1.82, 2.24) is 9.80 Å². The minimum atomic E-state index is -0.495. The first-order valence-corrected chi connectivity index (χ1v) is 6.87. The largest absolute Gasteiger partial charge is 0.350 e. The molecule has 0 spiro atoms. The maximum Gasteiger partial charge on any atom is 0.148 e. The van der Waals surface area contributed by atoms with Crippen LogP contribution in [-0.2, 0) is 0 Å². The standard InChI is InChI=1S/C16H15FN4O2/c17-16-13-21(10-5-15(16)12-19-23)7-2-1-6-20-8-3-14(4-9-20)11-18-22/h1-5,8-13H,6-7H2/b2-1+,15-12+. The van der Waals surface area contributed by atoms with E-state index in [-0.39, 0.29) is 5.57 Å². The van der Waals surface area contributed by atoms with Crippen molar-refractivity contribution in [3.05, 3.63) is 94.4 Å². The molecule has 2 aliphatic heterocycles. The van der Waals surface area contributed by atoms with Gasteiger partial charge in [0, 0.05) is 43.5 Å². The molecule has 0 bridgehead atoms. The predicted molar refractivity (Wildman–Crippen MR) is 86.9 cm³/mol. The Morgan fingerprint density at radius 3 is 2.13 bits per heavy atom. The Kier molecular flexibility index (Phi) is 5.93. The first-order chi connectivity index (χ1) is 11.2. The van der Waals surface area contributed by atoms with Crippen molar-refractivity contribution in [1.29, 1.82) is 0 Å². The van der Waals surface area contributed by atoms with Crippen LogP contribution in [0.15, 0.2) is 94.9 Å². The fourth-order valence-electron chi connectivity index (χ4n) is 1.92. The minimum absolute atomic E-state index is 0.164. The topological polar surface area (TPSA) is 65.3 Å². The van der Waals surface area contributed by atoms with Crippen molar-refractivity contribution < 1.29 is 4.39 Å². The van der Waals surface area contributed by atoms with Gasteiger partial charge >= 0.3 is 0 Å². The summed E-state index contributed by atoms with van der Waals surface area (Å²) in [4.78, 5) is 23.8. The lowest BCUT2D eigenvalue weighted by molar-refractivity contribution is 0.514. The Hall–Kier alpha value is -3.09. The Morgan fingerprint density at radius 1 is 0.913 bits per heavy atom. The van der Waals surface area contributed by atoms with E-state index >= 15 is 0 Å². The van der Waals surface area contributed by atoms with Crippen molar-refractivity contribution in [2.24, 2.45) is 10.4 Å². The van der Waals surface area contributed by atoms with E-state index in [4.69, 9.17) is 0 Å². The first kappa shape index (κ1) is 16.3. The molecule has 0 aromatic carbocycles. The molecule has 2 aliphatic rings. The summed E-state index contributed by atoms with van der Waals surface area (Å²) in [5.74, 6) is -0.495. The second-order valence-electron chi connectivity index (χ2n) is 4.71. The zero-order chi connectivity index (χ0) is 16.5. The lowest BCUT2D eigenvalue weighted by Gasteiger charge is -2.18. The molecule has 0 fully saturated rings. The molecule has 0 N–H and O–H groups in total. The molecule has 0 atom stereocenters. The van der Waals surface area contributed by atoms with Crippen LogP contribution in [0.5, 0.6) is 0 Å².